The third kappa shape index (κ3) is 4.49. The van der Waals surface area contributed by atoms with Crippen LogP contribution in [0.15, 0.2) is 72.8 Å². The molecule has 4 fully saturated rings. The Morgan fingerprint density at radius 2 is 1.24 bits per heavy atom. The van der Waals surface area contributed by atoms with Gasteiger partial charge in [0.15, 0.2) is 10.1 Å². The lowest BCUT2D eigenvalue weighted by Gasteiger charge is -2.60. The Balaban J connectivity index is 1.13. The van der Waals surface area contributed by atoms with Crippen LogP contribution in [0.25, 0.3) is 0 Å². The second-order valence-corrected chi connectivity index (χ2v) is 16.1. The number of hydrogen-bond donors (Lipinski definition) is 0. The number of halogens is 5. The van der Waals surface area contributed by atoms with Gasteiger partial charge in [0, 0.05) is 11.3 Å². The molecule has 0 aromatic heterocycles. The van der Waals surface area contributed by atoms with Gasteiger partial charge in [-0.1, -0.05) is 72.8 Å². The van der Waals surface area contributed by atoms with Crippen LogP contribution in [0, 0.1) is 22.7 Å². The molecule has 3 aromatic rings. The number of benzene rings is 3. The molecule has 4 saturated carbocycles. The van der Waals surface area contributed by atoms with Crippen molar-refractivity contribution >= 4 is 22.1 Å². The van der Waals surface area contributed by atoms with E-state index in [1.165, 1.54) is 0 Å². The van der Waals surface area contributed by atoms with Gasteiger partial charge in [0.05, 0.1) is 12.0 Å². The van der Waals surface area contributed by atoms with E-state index in [-0.39, 0.29) is 43.6 Å². The first-order valence-corrected chi connectivity index (χ1v) is 17.5. The highest BCUT2D eigenvalue weighted by Gasteiger charge is 2.67. The Kier molecular flexibility index (Phi) is 6.84. The molecule has 0 saturated heterocycles. The molecule has 7 aliphatic carbocycles. The normalized spacial score (nSPS) is 31.3. The quantitative estimate of drug-likeness (QED) is 0.156. The van der Waals surface area contributed by atoms with Gasteiger partial charge in [-0.3, -0.25) is 9.59 Å². The lowest BCUT2D eigenvalue weighted by Crippen LogP contribution is -2.59. The van der Waals surface area contributed by atoms with E-state index in [9.17, 15) is 44.5 Å². The van der Waals surface area contributed by atoms with Crippen LogP contribution in [0.5, 0.6) is 0 Å². The molecule has 7 nitrogen and oxygen atoms in total. The zero-order chi connectivity index (χ0) is 34.8. The van der Waals surface area contributed by atoms with E-state index >= 15 is 0 Å². The SMILES string of the molecule is O=C(OC(C(F)(F)F)C(F)(F)S(=O)(=O)[O-])C12CC3CC(CC(COC(=O)C45c6ccccc6C(c6ccccc64)c4ccccc45)(C3)C1)C2. The van der Waals surface area contributed by atoms with Crippen LogP contribution in [0.3, 0.4) is 0 Å². The van der Waals surface area contributed by atoms with Crippen molar-refractivity contribution in [3.8, 4) is 0 Å². The van der Waals surface area contributed by atoms with E-state index in [1.54, 1.807) is 0 Å². The van der Waals surface area contributed by atoms with Gasteiger partial charge in [-0.15, -0.1) is 0 Å². The van der Waals surface area contributed by atoms with Crippen LogP contribution in [0.4, 0.5) is 22.0 Å². The number of carbonyl (C=O) groups is 2. The van der Waals surface area contributed by atoms with Crippen molar-refractivity contribution < 1.29 is 54.0 Å². The fourth-order valence-electron chi connectivity index (χ4n) is 10.4. The molecule has 0 heterocycles. The zero-order valence-corrected chi connectivity index (χ0v) is 26.7. The summed E-state index contributed by atoms with van der Waals surface area (Å²) >= 11 is 0. The number of esters is 2. The summed E-state index contributed by atoms with van der Waals surface area (Å²) in [6.07, 6.45) is -8.84. The summed E-state index contributed by atoms with van der Waals surface area (Å²) in [4.78, 5) is 28.3. The zero-order valence-electron chi connectivity index (χ0n) is 25.8. The maximum atomic E-state index is 14.8. The Morgan fingerprint density at radius 3 is 1.69 bits per heavy atom. The van der Waals surface area contributed by atoms with E-state index in [1.807, 2.05) is 72.8 Å². The molecule has 0 spiro atoms. The summed E-state index contributed by atoms with van der Waals surface area (Å²) in [5.41, 5.74) is 1.49. The molecule has 3 atom stereocenters. The van der Waals surface area contributed by atoms with Crippen molar-refractivity contribution in [2.45, 2.75) is 67.4 Å². The maximum absolute atomic E-state index is 14.8. The number of hydrogen-bond acceptors (Lipinski definition) is 7. The summed E-state index contributed by atoms with van der Waals surface area (Å²) in [6, 6.07) is 23.1. The Labute approximate surface area is 278 Å². The van der Waals surface area contributed by atoms with Crippen LogP contribution in [0.2, 0.25) is 0 Å². The summed E-state index contributed by atoms with van der Waals surface area (Å²) < 4.78 is 114. The van der Waals surface area contributed by atoms with Gasteiger partial charge >= 0.3 is 23.4 Å². The molecule has 49 heavy (non-hydrogen) atoms. The van der Waals surface area contributed by atoms with Gasteiger partial charge < -0.3 is 14.0 Å². The van der Waals surface area contributed by atoms with Crippen LogP contribution in [0.1, 0.15) is 77.8 Å². The van der Waals surface area contributed by atoms with Gasteiger partial charge in [0.2, 0.25) is 0 Å². The lowest BCUT2D eigenvalue weighted by molar-refractivity contribution is -0.268. The minimum absolute atomic E-state index is 0.0533. The molecule has 0 radical (unpaired) electrons. The van der Waals surface area contributed by atoms with Crippen LogP contribution in [-0.4, -0.2) is 49.1 Å². The Morgan fingerprint density at radius 1 is 0.776 bits per heavy atom. The van der Waals surface area contributed by atoms with Crippen LogP contribution < -0.4 is 0 Å². The molecule has 6 bridgehead atoms. The Hall–Kier alpha value is -3.84. The second-order valence-electron chi connectivity index (χ2n) is 14.6. The largest absolute Gasteiger partial charge is 0.743 e. The minimum atomic E-state index is -6.83. The molecule has 10 rings (SSSR count). The molecule has 3 aromatic carbocycles. The molecule has 0 aliphatic heterocycles. The van der Waals surface area contributed by atoms with Crippen molar-refractivity contribution in [2.24, 2.45) is 22.7 Å². The van der Waals surface area contributed by atoms with Crippen molar-refractivity contribution in [2.75, 3.05) is 6.61 Å². The van der Waals surface area contributed by atoms with Crippen LogP contribution >= 0.6 is 0 Å². The van der Waals surface area contributed by atoms with E-state index in [0.29, 0.717) is 19.3 Å². The summed E-state index contributed by atoms with van der Waals surface area (Å²) in [7, 11) is -6.83. The van der Waals surface area contributed by atoms with E-state index in [2.05, 4.69) is 4.74 Å². The molecular weight excluding hydrogens is 671 g/mol. The molecule has 13 heteroatoms. The fraction of sp³-hybridized carbons (Fsp3) is 0.444. The summed E-state index contributed by atoms with van der Waals surface area (Å²) in [5.74, 6) is -2.62. The van der Waals surface area contributed by atoms with E-state index < -0.39 is 55.8 Å². The smallest absolute Gasteiger partial charge is 0.432 e. The first-order valence-electron chi connectivity index (χ1n) is 16.1. The number of rotatable bonds is 7. The summed E-state index contributed by atoms with van der Waals surface area (Å²) in [6.45, 7) is -0.167. The molecule has 258 valence electrons. The third-order valence-electron chi connectivity index (χ3n) is 11.6. The molecule has 3 unspecified atom stereocenters. The number of ether oxygens (including phenoxy) is 2. The Bertz CT molecular complexity index is 1880. The first kappa shape index (κ1) is 32.4. The average Bonchev–Trinajstić information content (AvgIpc) is 3.04. The van der Waals surface area contributed by atoms with Crippen LogP contribution in [-0.2, 0) is 34.6 Å². The fourth-order valence-corrected chi connectivity index (χ4v) is 10.9. The minimum Gasteiger partial charge on any atom is -0.743 e. The molecule has 0 N–H and O–H groups in total. The first-order chi connectivity index (χ1) is 23.0. The van der Waals surface area contributed by atoms with Gasteiger partial charge in [0.1, 0.15) is 5.41 Å². The van der Waals surface area contributed by atoms with Gasteiger partial charge in [-0.2, -0.15) is 22.0 Å². The predicted molar refractivity (Wildman–Crippen MR) is 161 cm³/mol. The van der Waals surface area contributed by atoms with Crippen molar-refractivity contribution in [1.82, 2.24) is 0 Å². The van der Waals surface area contributed by atoms with E-state index in [0.717, 1.165) is 33.4 Å². The summed E-state index contributed by atoms with van der Waals surface area (Å²) in [5, 5.41) is -5.93. The van der Waals surface area contributed by atoms with Gasteiger partial charge in [-0.25, -0.2) is 8.42 Å². The molecule has 7 aliphatic rings. The molecule has 0 amide bonds. The third-order valence-corrected chi connectivity index (χ3v) is 12.5. The lowest BCUT2D eigenvalue weighted by atomic mass is 9.44. The van der Waals surface area contributed by atoms with Crippen molar-refractivity contribution in [3.05, 3.63) is 106 Å². The van der Waals surface area contributed by atoms with Crippen molar-refractivity contribution in [3.63, 3.8) is 0 Å². The maximum Gasteiger partial charge on any atom is 0.432 e. The monoisotopic (exact) mass is 701 g/mol. The highest BCUT2D eigenvalue weighted by Crippen LogP contribution is 2.66. The number of carbonyl (C=O) groups excluding carboxylic acids is 2. The average molecular weight is 702 g/mol. The highest BCUT2D eigenvalue weighted by molar-refractivity contribution is 7.86. The standard InChI is InChI=1S/C36H31F5O7S/c37-35(38,39)29(36(40,41)49(44,45)46)48-30(42)33-16-20-13-21(17-33)15-32(14-20,18-33)19-47-31(43)34-25-10-4-1-7-22(25)28(23-8-2-5-11-26(23)34)24-9-3-6-12-27(24)34/h1-12,20-21,28-29H,13-19H2,(H,44,45,46)/p-1. The second kappa shape index (κ2) is 10.3. The topological polar surface area (TPSA) is 110 Å². The predicted octanol–water partition coefficient (Wildman–Crippen LogP) is 6.57. The van der Waals surface area contributed by atoms with Gasteiger partial charge in [-0.05, 0) is 83.7 Å². The number of alkyl halides is 5. The van der Waals surface area contributed by atoms with Gasteiger partial charge in [0.25, 0.3) is 6.10 Å². The highest BCUT2D eigenvalue weighted by atomic mass is 32.2. The molecular formula is C36H30F5O7S-. The van der Waals surface area contributed by atoms with E-state index in [4.69, 9.17) is 4.74 Å². The van der Waals surface area contributed by atoms with Crippen molar-refractivity contribution in [1.29, 1.82) is 0 Å².